The second-order valence-corrected chi connectivity index (χ2v) is 5.04. The molecule has 0 bridgehead atoms. The Labute approximate surface area is 112 Å². The molecule has 1 rings (SSSR count). The Morgan fingerprint density at radius 3 is 2.68 bits per heavy atom. The van der Waals surface area contributed by atoms with Crippen molar-refractivity contribution in [1.29, 1.82) is 0 Å². The molecule has 1 heterocycles. The zero-order valence-electron chi connectivity index (χ0n) is 11.4. The molecule has 0 aromatic carbocycles. The van der Waals surface area contributed by atoms with E-state index >= 15 is 0 Å². The molecule has 3 N–H and O–H groups in total. The quantitative estimate of drug-likeness (QED) is 0.713. The van der Waals surface area contributed by atoms with Crippen LogP contribution >= 0.6 is 0 Å². The molecule has 7 nitrogen and oxygen atoms in total. The number of amides is 2. The van der Waals surface area contributed by atoms with Crippen LogP contribution in [0.2, 0.25) is 0 Å². The van der Waals surface area contributed by atoms with Gasteiger partial charge in [-0.25, -0.2) is 9.78 Å². The number of nitrogens with one attached hydrogen (secondary N) is 2. The van der Waals surface area contributed by atoms with Crippen molar-refractivity contribution < 1.29 is 14.7 Å². The minimum atomic E-state index is -0.872. The van der Waals surface area contributed by atoms with E-state index in [0.717, 1.165) is 5.82 Å². The summed E-state index contributed by atoms with van der Waals surface area (Å²) in [7, 11) is 1.85. The number of carbonyl (C=O) groups excluding carboxylic acids is 1. The minimum absolute atomic E-state index is 0.0205. The number of urea groups is 1. The highest BCUT2D eigenvalue weighted by Crippen LogP contribution is 2.10. The van der Waals surface area contributed by atoms with Crippen molar-refractivity contribution in [1.82, 2.24) is 20.2 Å². The first-order valence-electron chi connectivity index (χ1n) is 6.04. The summed E-state index contributed by atoms with van der Waals surface area (Å²) in [5.74, 6) is -0.123. The number of carboxylic acids is 1. The van der Waals surface area contributed by atoms with Crippen molar-refractivity contribution in [2.75, 3.05) is 0 Å². The van der Waals surface area contributed by atoms with Crippen LogP contribution in [0.5, 0.6) is 0 Å². The fourth-order valence-electron chi connectivity index (χ4n) is 1.56. The van der Waals surface area contributed by atoms with Crippen molar-refractivity contribution in [2.24, 2.45) is 7.05 Å². The van der Waals surface area contributed by atoms with Crippen LogP contribution in [0.4, 0.5) is 4.79 Å². The Bertz CT molecular complexity index is 454. The molecule has 0 saturated carbocycles. The summed E-state index contributed by atoms with van der Waals surface area (Å²) in [6.45, 7) is 3.90. The number of rotatable bonds is 6. The highest BCUT2D eigenvalue weighted by molar-refractivity contribution is 5.74. The molecule has 0 atom stereocenters. The number of imidazole rings is 1. The number of carbonyl (C=O) groups is 2. The van der Waals surface area contributed by atoms with Gasteiger partial charge in [-0.15, -0.1) is 0 Å². The third-order valence-corrected chi connectivity index (χ3v) is 2.74. The van der Waals surface area contributed by atoms with E-state index in [4.69, 9.17) is 5.11 Å². The largest absolute Gasteiger partial charge is 0.481 e. The molecule has 0 spiro atoms. The van der Waals surface area contributed by atoms with E-state index in [1.807, 2.05) is 11.6 Å². The predicted molar refractivity (Wildman–Crippen MR) is 69.5 cm³/mol. The van der Waals surface area contributed by atoms with Gasteiger partial charge in [0.1, 0.15) is 5.82 Å². The van der Waals surface area contributed by atoms with Crippen molar-refractivity contribution in [3.8, 4) is 0 Å². The molecule has 1 aromatic heterocycles. The van der Waals surface area contributed by atoms with E-state index in [1.54, 1.807) is 26.2 Å². The molecule has 0 aliphatic rings. The Morgan fingerprint density at radius 1 is 1.47 bits per heavy atom. The molecule has 7 heteroatoms. The molecule has 2 amide bonds. The van der Waals surface area contributed by atoms with Crippen molar-refractivity contribution in [2.45, 2.75) is 38.8 Å². The smallest absolute Gasteiger partial charge is 0.315 e. The third-order valence-electron chi connectivity index (χ3n) is 2.74. The van der Waals surface area contributed by atoms with Gasteiger partial charge in [-0.2, -0.15) is 0 Å². The third kappa shape index (κ3) is 5.41. The first-order chi connectivity index (χ1) is 8.80. The second kappa shape index (κ2) is 6.21. The van der Waals surface area contributed by atoms with Crippen LogP contribution in [0, 0.1) is 0 Å². The summed E-state index contributed by atoms with van der Waals surface area (Å²) >= 11 is 0. The molecule has 0 aliphatic carbocycles. The minimum Gasteiger partial charge on any atom is -0.481 e. The number of aliphatic carboxylic acids is 1. The molecule has 19 heavy (non-hydrogen) atoms. The fourth-order valence-corrected chi connectivity index (χ4v) is 1.56. The molecule has 0 saturated heterocycles. The lowest BCUT2D eigenvalue weighted by atomic mass is 9.99. The summed E-state index contributed by atoms with van der Waals surface area (Å²) < 4.78 is 1.82. The van der Waals surface area contributed by atoms with E-state index in [-0.39, 0.29) is 12.5 Å². The van der Waals surface area contributed by atoms with E-state index in [0.29, 0.717) is 13.0 Å². The highest BCUT2D eigenvalue weighted by Gasteiger charge is 2.21. The predicted octanol–water partition coefficient (Wildman–Crippen LogP) is 0.863. The van der Waals surface area contributed by atoms with Crippen molar-refractivity contribution >= 4 is 12.0 Å². The van der Waals surface area contributed by atoms with Gasteiger partial charge in [-0.05, 0) is 20.3 Å². The van der Waals surface area contributed by atoms with Crippen LogP contribution in [0.1, 0.15) is 32.5 Å². The van der Waals surface area contributed by atoms with Gasteiger partial charge in [0.25, 0.3) is 0 Å². The van der Waals surface area contributed by atoms with Gasteiger partial charge >= 0.3 is 12.0 Å². The molecular weight excluding hydrogens is 248 g/mol. The molecule has 0 radical (unpaired) electrons. The van der Waals surface area contributed by atoms with Crippen LogP contribution in [0.15, 0.2) is 12.4 Å². The van der Waals surface area contributed by atoms with Crippen LogP contribution in [-0.4, -0.2) is 32.2 Å². The summed E-state index contributed by atoms with van der Waals surface area (Å²) in [6.07, 6.45) is 3.85. The number of hydrogen-bond donors (Lipinski definition) is 3. The lowest BCUT2D eigenvalue weighted by Crippen LogP contribution is -2.48. The molecular formula is C12H20N4O3. The standard InChI is InChI=1S/C12H20N4O3/c1-12(2,5-4-10(17)18)15-11(19)14-8-9-13-6-7-16(9)3/h6-7H,4-5,8H2,1-3H3,(H,17,18)(H2,14,15,19). The molecule has 106 valence electrons. The summed E-state index contributed by atoms with van der Waals surface area (Å²) in [5, 5.41) is 14.1. The fraction of sp³-hybridized carbons (Fsp3) is 0.583. The summed E-state index contributed by atoms with van der Waals surface area (Å²) in [5.41, 5.74) is -0.565. The average molecular weight is 268 g/mol. The second-order valence-electron chi connectivity index (χ2n) is 5.04. The zero-order chi connectivity index (χ0) is 14.5. The number of aromatic nitrogens is 2. The van der Waals surface area contributed by atoms with Gasteiger partial charge in [0.15, 0.2) is 0 Å². The first-order valence-corrected chi connectivity index (χ1v) is 6.04. The maximum atomic E-state index is 11.7. The van der Waals surface area contributed by atoms with E-state index in [2.05, 4.69) is 15.6 Å². The molecule has 0 unspecified atom stereocenters. The maximum Gasteiger partial charge on any atom is 0.315 e. The van der Waals surface area contributed by atoms with Crippen molar-refractivity contribution in [3.63, 3.8) is 0 Å². The molecule has 1 aromatic rings. The molecule has 0 fully saturated rings. The average Bonchev–Trinajstić information content (AvgIpc) is 2.69. The van der Waals surface area contributed by atoms with Gasteiger partial charge in [0.05, 0.1) is 6.54 Å². The Kier molecular flexibility index (Phi) is 4.91. The lowest BCUT2D eigenvalue weighted by Gasteiger charge is -2.25. The van der Waals surface area contributed by atoms with Gasteiger partial charge in [0.2, 0.25) is 0 Å². The van der Waals surface area contributed by atoms with Gasteiger partial charge in [0, 0.05) is 31.4 Å². The lowest BCUT2D eigenvalue weighted by molar-refractivity contribution is -0.137. The zero-order valence-corrected chi connectivity index (χ0v) is 11.4. The molecule has 0 aliphatic heterocycles. The maximum absolute atomic E-state index is 11.7. The van der Waals surface area contributed by atoms with Gasteiger partial charge in [-0.3, -0.25) is 4.79 Å². The normalized spacial score (nSPS) is 11.1. The van der Waals surface area contributed by atoms with Crippen LogP contribution in [0.3, 0.4) is 0 Å². The van der Waals surface area contributed by atoms with Crippen molar-refractivity contribution in [3.05, 3.63) is 18.2 Å². The van der Waals surface area contributed by atoms with E-state index in [9.17, 15) is 9.59 Å². The number of hydrogen-bond acceptors (Lipinski definition) is 3. The Morgan fingerprint density at radius 2 is 2.16 bits per heavy atom. The Hall–Kier alpha value is -2.05. The highest BCUT2D eigenvalue weighted by atomic mass is 16.4. The number of nitrogens with zero attached hydrogens (tertiary/aromatic N) is 2. The van der Waals surface area contributed by atoms with Crippen LogP contribution in [0.25, 0.3) is 0 Å². The van der Waals surface area contributed by atoms with E-state index < -0.39 is 11.5 Å². The summed E-state index contributed by atoms with van der Waals surface area (Å²) in [4.78, 5) is 26.3. The number of aryl methyl sites for hydroxylation is 1. The SMILES string of the molecule is Cn1ccnc1CNC(=O)NC(C)(C)CCC(=O)O. The van der Waals surface area contributed by atoms with Crippen LogP contribution in [-0.2, 0) is 18.4 Å². The monoisotopic (exact) mass is 268 g/mol. The van der Waals surface area contributed by atoms with Crippen LogP contribution < -0.4 is 10.6 Å². The van der Waals surface area contributed by atoms with E-state index in [1.165, 1.54) is 0 Å². The summed E-state index contributed by atoms with van der Waals surface area (Å²) in [6, 6.07) is -0.335. The Balaban J connectivity index is 2.38. The topological polar surface area (TPSA) is 96.3 Å². The number of carboxylic acid groups (broad SMARTS) is 1. The van der Waals surface area contributed by atoms with Gasteiger partial charge in [-0.1, -0.05) is 0 Å². The first kappa shape index (κ1) is 15.0. The van der Waals surface area contributed by atoms with Gasteiger partial charge < -0.3 is 20.3 Å².